The molecule has 6 heterocycles. The van der Waals surface area contributed by atoms with E-state index in [2.05, 4.69) is 62.7 Å². The zero-order chi connectivity index (χ0) is 40.3. The van der Waals surface area contributed by atoms with Crippen LogP contribution in [0.1, 0.15) is 117 Å². The number of carbonyl (C=O) groups excluding carboxylic acids is 3. The Bertz CT molecular complexity index is 2010. The molecule has 3 aromatic rings. The van der Waals surface area contributed by atoms with Crippen molar-refractivity contribution >= 4 is 40.8 Å². The third kappa shape index (κ3) is 7.52. The molecule has 5 fully saturated rings. The Balaban J connectivity index is 0.951. The van der Waals surface area contributed by atoms with E-state index in [1.165, 1.54) is 32.4 Å². The number of aromatic nitrogens is 3. The molecular weight excluding hydrogens is 729 g/mol. The predicted molar refractivity (Wildman–Crippen MR) is 227 cm³/mol. The van der Waals surface area contributed by atoms with Gasteiger partial charge in [0.2, 0.25) is 5.91 Å². The fourth-order valence-electron chi connectivity index (χ4n) is 10.6. The van der Waals surface area contributed by atoms with Crippen LogP contribution in [0.3, 0.4) is 0 Å². The van der Waals surface area contributed by atoms with Crippen LogP contribution in [-0.4, -0.2) is 117 Å². The van der Waals surface area contributed by atoms with Gasteiger partial charge in [0.1, 0.15) is 17.4 Å². The van der Waals surface area contributed by atoms with Crippen molar-refractivity contribution in [1.29, 1.82) is 0 Å². The van der Waals surface area contributed by atoms with Crippen molar-refractivity contribution in [1.82, 2.24) is 29.2 Å². The highest BCUT2D eigenvalue weighted by molar-refractivity contribution is 6.09. The number of hydrogen-bond donors (Lipinski definition) is 1. The number of nitrogens with one attached hydrogen (secondary N) is 1. The summed E-state index contributed by atoms with van der Waals surface area (Å²) in [5.74, 6) is 1.29. The van der Waals surface area contributed by atoms with E-state index in [4.69, 9.17) is 14.7 Å². The first-order chi connectivity index (χ1) is 27.9. The summed E-state index contributed by atoms with van der Waals surface area (Å²) in [6.07, 6.45) is 14.1. The molecule has 1 aromatic carbocycles. The topological polar surface area (TPSA) is 116 Å². The van der Waals surface area contributed by atoms with Crippen molar-refractivity contribution < 1.29 is 19.1 Å². The number of anilines is 2. The van der Waals surface area contributed by atoms with Gasteiger partial charge < -0.3 is 39.0 Å². The second-order valence-electron chi connectivity index (χ2n) is 19.7. The van der Waals surface area contributed by atoms with E-state index in [-0.39, 0.29) is 35.9 Å². The number of rotatable bonds is 10. The SMILES string of the molecule is CC(C)n1cnc2cc(-c3ccc4c(c3)N(C3CC(N5CCCCC5)C3)C(=O)C43CCN(CC(C=O)C4CCN(C(=O)OC(C)(C)C)CC4)CC3)nc(NC3CC3)c21. The monoisotopic (exact) mass is 793 g/mol. The minimum absolute atomic E-state index is 0.0989. The summed E-state index contributed by atoms with van der Waals surface area (Å²) in [5.41, 5.74) is 5.01. The van der Waals surface area contributed by atoms with Gasteiger partial charge in [-0.2, -0.15) is 0 Å². The van der Waals surface area contributed by atoms with Gasteiger partial charge in [-0.25, -0.2) is 14.8 Å². The average Bonchev–Trinajstić information content (AvgIpc) is 3.85. The maximum absolute atomic E-state index is 15.1. The number of ether oxygens (including phenoxy) is 1. The van der Waals surface area contributed by atoms with Gasteiger partial charge in [0, 0.05) is 61.0 Å². The lowest BCUT2D eigenvalue weighted by Gasteiger charge is -2.48. The Morgan fingerprint density at radius 2 is 1.69 bits per heavy atom. The van der Waals surface area contributed by atoms with Crippen LogP contribution in [0.2, 0.25) is 0 Å². The van der Waals surface area contributed by atoms with Gasteiger partial charge in [-0.3, -0.25) is 4.79 Å². The molecule has 2 amide bonds. The molecule has 2 saturated carbocycles. The Hall–Kier alpha value is -4.03. The maximum atomic E-state index is 15.1. The van der Waals surface area contributed by atoms with E-state index in [9.17, 15) is 9.59 Å². The Morgan fingerprint density at radius 1 is 0.966 bits per heavy atom. The predicted octanol–water partition coefficient (Wildman–Crippen LogP) is 7.41. The highest BCUT2D eigenvalue weighted by atomic mass is 16.6. The second-order valence-corrected chi connectivity index (χ2v) is 19.7. The quantitative estimate of drug-likeness (QED) is 0.210. The number of likely N-dealkylation sites (tertiary alicyclic amines) is 3. The number of carbonyl (C=O) groups is 3. The zero-order valence-corrected chi connectivity index (χ0v) is 35.4. The van der Waals surface area contributed by atoms with Gasteiger partial charge in [-0.1, -0.05) is 18.6 Å². The molecule has 58 heavy (non-hydrogen) atoms. The Kier molecular flexibility index (Phi) is 10.6. The molecule has 1 N–H and O–H groups in total. The summed E-state index contributed by atoms with van der Waals surface area (Å²) in [7, 11) is 0. The lowest BCUT2D eigenvalue weighted by Crippen LogP contribution is -2.58. The highest BCUT2D eigenvalue weighted by Gasteiger charge is 2.55. The van der Waals surface area contributed by atoms with Crippen LogP contribution in [0.5, 0.6) is 0 Å². The normalized spacial score (nSPS) is 25.0. The molecule has 4 aliphatic heterocycles. The van der Waals surface area contributed by atoms with Crippen molar-refractivity contribution in [2.24, 2.45) is 11.8 Å². The van der Waals surface area contributed by atoms with Crippen molar-refractivity contribution in [2.45, 2.75) is 140 Å². The van der Waals surface area contributed by atoms with Crippen molar-refractivity contribution in [3.63, 3.8) is 0 Å². The van der Waals surface area contributed by atoms with E-state index >= 15 is 4.79 Å². The van der Waals surface area contributed by atoms with E-state index in [1.807, 2.05) is 27.1 Å². The molecule has 12 heteroatoms. The number of benzene rings is 1. The summed E-state index contributed by atoms with van der Waals surface area (Å²) in [6.45, 7) is 15.8. The van der Waals surface area contributed by atoms with Gasteiger partial charge in [-0.05, 0) is 149 Å². The fraction of sp³-hybridized carbons (Fsp3) is 0.674. The molecule has 2 aromatic heterocycles. The van der Waals surface area contributed by atoms with Crippen molar-refractivity contribution in [2.75, 3.05) is 56.0 Å². The van der Waals surface area contributed by atoms with Gasteiger partial charge in [0.25, 0.3) is 0 Å². The number of imidazole rings is 1. The van der Waals surface area contributed by atoms with Crippen LogP contribution < -0.4 is 10.2 Å². The summed E-state index contributed by atoms with van der Waals surface area (Å²) in [4.78, 5) is 59.5. The van der Waals surface area contributed by atoms with Crippen LogP contribution in [-0.2, 0) is 19.7 Å². The van der Waals surface area contributed by atoms with Gasteiger partial charge in [0.15, 0.2) is 5.82 Å². The number of aldehydes is 1. The second kappa shape index (κ2) is 15.5. The van der Waals surface area contributed by atoms with E-state index in [0.29, 0.717) is 31.7 Å². The standard InChI is InChI=1S/C46H64N8O4/c1-30(2)53-29-47-39-26-38(49-42(41(39)53)48-34-10-11-34)32-9-12-37-40(23-32)54(36-24-35(25-36)51-17-7-6-8-18-51)43(56)46(37)15-21-50(22-16-46)27-33(28-55)31-13-19-52(20-14-31)44(57)58-45(3,4)5/h9,12,23,26,28-31,33-36H,6-8,10-11,13-22,24-25,27H2,1-5H3,(H,48,49). The Labute approximate surface area is 344 Å². The fourth-order valence-corrected chi connectivity index (χ4v) is 10.6. The molecule has 312 valence electrons. The largest absolute Gasteiger partial charge is 0.444 e. The Morgan fingerprint density at radius 3 is 2.34 bits per heavy atom. The van der Waals surface area contributed by atoms with Crippen LogP contribution in [0.4, 0.5) is 16.3 Å². The van der Waals surface area contributed by atoms with E-state index < -0.39 is 11.0 Å². The number of piperidine rings is 3. The van der Waals surface area contributed by atoms with Gasteiger partial charge in [-0.15, -0.1) is 0 Å². The molecule has 2 aliphatic carbocycles. The minimum Gasteiger partial charge on any atom is -0.444 e. The maximum Gasteiger partial charge on any atom is 0.410 e. The molecular formula is C46H64N8O4. The number of amides is 2. The summed E-state index contributed by atoms with van der Waals surface area (Å²) in [6, 6.07) is 10.2. The summed E-state index contributed by atoms with van der Waals surface area (Å²) in [5, 5.41) is 3.71. The van der Waals surface area contributed by atoms with Crippen molar-refractivity contribution in [3.05, 3.63) is 36.2 Å². The third-order valence-corrected chi connectivity index (χ3v) is 14.2. The zero-order valence-electron chi connectivity index (χ0n) is 35.4. The molecule has 3 saturated heterocycles. The van der Waals surface area contributed by atoms with Crippen LogP contribution >= 0.6 is 0 Å². The lowest BCUT2D eigenvalue weighted by molar-refractivity contribution is -0.126. The molecule has 6 aliphatic rings. The van der Waals surface area contributed by atoms with Gasteiger partial charge >= 0.3 is 6.09 Å². The minimum atomic E-state index is -0.567. The molecule has 9 rings (SSSR count). The summed E-state index contributed by atoms with van der Waals surface area (Å²) < 4.78 is 7.81. The van der Waals surface area contributed by atoms with Crippen LogP contribution in [0.25, 0.3) is 22.3 Å². The van der Waals surface area contributed by atoms with Crippen LogP contribution in [0, 0.1) is 11.8 Å². The van der Waals surface area contributed by atoms with Gasteiger partial charge in [0.05, 0.1) is 23.0 Å². The van der Waals surface area contributed by atoms with E-state index in [1.54, 1.807) is 4.90 Å². The number of nitrogens with zero attached hydrogens (tertiary/aromatic N) is 7. The highest BCUT2D eigenvalue weighted by Crippen LogP contribution is 2.52. The molecule has 0 radical (unpaired) electrons. The number of fused-ring (bicyclic) bond motifs is 3. The first kappa shape index (κ1) is 39.4. The summed E-state index contributed by atoms with van der Waals surface area (Å²) >= 11 is 0. The molecule has 1 atom stereocenters. The first-order valence-corrected chi connectivity index (χ1v) is 22.4. The molecule has 0 bridgehead atoms. The lowest BCUT2D eigenvalue weighted by atomic mass is 9.73. The number of pyridine rings is 1. The van der Waals surface area contributed by atoms with Crippen LogP contribution in [0.15, 0.2) is 30.6 Å². The molecule has 12 nitrogen and oxygen atoms in total. The third-order valence-electron chi connectivity index (χ3n) is 14.2. The van der Waals surface area contributed by atoms with E-state index in [0.717, 1.165) is 110 Å². The first-order valence-electron chi connectivity index (χ1n) is 22.4. The number of hydrogen-bond acceptors (Lipinski definition) is 9. The molecule has 1 spiro atoms. The van der Waals surface area contributed by atoms with Crippen molar-refractivity contribution in [3.8, 4) is 11.3 Å². The average molecular weight is 793 g/mol. The smallest absolute Gasteiger partial charge is 0.410 e. The molecule has 1 unspecified atom stereocenters.